The van der Waals surface area contributed by atoms with Crippen LogP contribution in [-0.2, 0) is 0 Å². The Balaban J connectivity index is 2.22. The van der Waals surface area contributed by atoms with Gasteiger partial charge in [-0.05, 0) is 26.4 Å². The molecule has 0 amide bonds. The van der Waals surface area contributed by atoms with Crippen molar-refractivity contribution >= 4 is 11.8 Å². The highest BCUT2D eigenvalue weighted by Gasteiger charge is 2.26. The average Bonchev–Trinajstić information content (AvgIpc) is 2.50. The van der Waals surface area contributed by atoms with Gasteiger partial charge in [0.2, 0.25) is 0 Å². The first-order chi connectivity index (χ1) is 10.3. The Kier molecular flexibility index (Phi) is 11.8. The standard InChI is InChI=1S/C18H38N2S/c1-4-6-7-8-9-10-11-12-17(19-13-5-2)18-16-21-15-14-20(18)3/h17-19H,4-16H2,1-3H3. The first kappa shape index (κ1) is 19.3. The molecule has 1 aliphatic heterocycles. The Morgan fingerprint density at radius 2 is 1.76 bits per heavy atom. The van der Waals surface area contributed by atoms with Crippen molar-refractivity contribution in [2.75, 3.05) is 31.6 Å². The minimum Gasteiger partial charge on any atom is -0.312 e. The molecule has 126 valence electrons. The zero-order valence-corrected chi connectivity index (χ0v) is 15.5. The van der Waals surface area contributed by atoms with Gasteiger partial charge in [-0.25, -0.2) is 0 Å². The summed E-state index contributed by atoms with van der Waals surface area (Å²) in [7, 11) is 2.32. The van der Waals surface area contributed by atoms with Crippen LogP contribution in [0.1, 0.15) is 71.6 Å². The summed E-state index contributed by atoms with van der Waals surface area (Å²) in [5, 5.41) is 3.83. The smallest absolute Gasteiger partial charge is 0.0337 e. The Bertz CT molecular complexity index is 235. The number of unbranched alkanes of at least 4 members (excludes halogenated alkanes) is 6. The molecule has 2 nitrogen and oxygen atoms in total. The van der Waals surface area contributed by atoms with Crippen LogP contribution < -0.4 is 5.32 Å². The first-order valence-electron chi connectivity index (χ1n) is 9.31. The molecule has 1 N–H and O–H groups in total. The van der Waals surface area contributed by atoms with E-state index in [1.807, 2.05) is 0 Å². The zero-order valence-electron chi connectivity index (χ0n) is 14.7. The lowest BCUT2D eigenvalue weighted by atomic mass is 9.99. The topological polar surface area (TPSA) is 15.3 Å². The van der Waals surface area contributed by atoms with Crippen molar-refractivity contribution in [3.63, 3.8) is 0 Å². The molecular weight excluding hydrogens is 276 g/mol. The molecule has 0 saturated carbocycles. The van der Waals surface area contributed by atoms with Crippen molar-refractivity contribution < 1.29 is 0 Å². The van der Waals surface area contributed by atoms with Crippen molar-refractivity contribution in [1.29, 1.82) is 0 Å². The molecular formula is C18H38N2S. The predicted molar refractivity (Wildman–Crippen MR) is 98.4 cm³/mol. The maximum atomic E-state index is 3.83. The minimum absolute atomic E-state index is 0.707. The number of likely N-dealkylation sites (N-methyl/N-ethyl adjacent to an activating group) is 1. The van der Waals surface area contributed by atoms with Crippen molar-refractivity contribution in [1.82, 2.24) is 10.2 Å². The van der Waals surface area contributed by atoms with E-state index < -0.39 is 0 Å². The maximum Gasteiger partial charge on any atom is 0.0337 e. The van der Waals surface area contributed by atoms with Gasteiger partial charge in [0.05, 0.1) is 0 Å². The van der Waals surface area contributed by atoms with Crippen molar-refractivity contribution in [2.24, 2.45) is 0 Å². The van der Waals surface area contributed by atoms with E-state index >= 15 is 0 Å². The Hall–Kier alpha value is 0.270. The highest BCUT2D eigenvalue weighted by Crippen LogP contribution is 2.21. The summed E-state index contributed by atoms with van der Waals surface area (Å²) < 4.78 is 0. The van der Waals surface area contributed by atoms with Gasteiger partial charge in [-0.1, -0.05) is 58.8 Å². The molecule has 2 atom stereocenters. The molecule has 1 fully saturated rings. The molecule has 0 bridgehead atoms. The molecule has 1 aliphatic rings. The first-order valence-corrected chi connectivity index (χ1v) is 10.5. The Labute approximate surface area is 137 Å². The van der Waals surface area contributed by atoms with Crippen molar-refractivity contribution in [2.45, 2.75) is 83.7 Å². The number of rotatable bonds is 12. The van der Waals surface area contributed by atoms with Crippen LogP contribution in [0.4, 0.5) is 0 Å². The van der Waals surface area contributed by atoms with E-state index in [4.69, 9.17) is 0 Å². The highest BCUT2D eigenvalue weighted by molar-refractivity contribution is 7.99. The molecule has 2 unspecified atom stereocenters. The number of thioether (sulfide) groups is 1. The van der Waals surface area contributed by atoms with E-state index in [0.29, 0.717) is 6.04 Å². The molecule has 0 aromatic rings. The Morgan fingerprint density at radius 3 is 2.43 bits per heavy atom. The molecule has 1 saturated heterocycles. The van der Waals surface area contributed by atoms with Gasteiger partial charge >= 0.3 is 0 Å². The second-order valence-corrected chi connectivity index (χ2v) is 7.74. The fourth-order valence-corrected chi connectivity index (χ4v) is 4.52. The van der Waals surface area contributed by atoms with E-state index in [0.717, 1.165) is 6.04 Å². The van der Waals surface area contributed by atoms with Gasteiger partial charge in [0.1, 0.15) is 0 Å². The van der Waals surface area contributed by atoms with Gasteiger partial charge in [0.15, 0.2) is 0 Å². The molecule has 0 spiro atoms. The quantitative estimate of drug-likeness (QED) is 0.532. The summed E-state index contributed by atoms with van der Waals surface area (Å²) >= 11 is 2.14. The van der Waals surface area contributed by atoms with E-state index in [1.54, 1.807) is 0 Å². The maximum absolute atomic E-state index is 3.83. The lowest BCUT2D eigenvalue weighted by Crippen LogP contribution is -2.52. The van der Waals surface area contributed by atoms with Crippen LogP contribution in [0.2, 0.25) is 0 Å². The van der Waals surface area contributed by atoms with Crippen LogP contribution in [0.5, 0.6) is 0 Å². The van der Waals surface area contributed by atoms with E-state index in [9.17, 15) is 0 Å². The number of nitrogens with one attached hydrogen (secondary N) is 1. The van der Waals surface area contributed by atoms with E-state index in [2.05, 4.69) is 42.9 Å². The summed E-state index contributed by atoms with van der Waals surface area (Å²) in [5.41, 5.74) is 0. The lowest BCUT2D eigenvalue weighted by molar-refractivity contribution is 0.205. The molecule has 0 aromatic carbocycles. The van der Waals surface area contributed by atoms with Gasteiger partial charge in [-0.3, -0.25) is 0 Å². The SMILES string of the molecule is CCCCCCCCCC(NCCC)C1CSCCN1C. The molecule has 0 radical (unpaired) electrons. The van der Waals surface area contributed by atoms with E-state index in [-0.39, 0.29) is 0 Å². The van der Waals surface area contributed by atoms with Crippen molar-refractivity contribution in [3.8, 4) is 0 Å². The molecule has 1 heterocycles. The van der Waals surface area contributed by atoms with Crippen LogP contribution in [0.15, 0.2) is 0 Å². The summed E-state index contributed by atoms with van der Waals surface area (Å²) in [5.74, 6) is 2.62. The Morgan fingerprint density at radius 1 is 1.05 bits per heavy atom. The minimum atomic E-state index is 0.707. The zero-order chi connectivity index (χ0) is 15.3. The highest BCUT2D eigenvalue weighted by atomic mass is 32.2. The molecule has 0 aromatic heterocycles. The van der Waals surface area contributed by atoms with Gasteiger partial charge in [-0.2, -0.15) is 11.8 Å². The normalized spacial score (nSPS) is 21.6. The fraction of sp³-hybridized carbons (Fsp3) is 1.00. The summed E-state index contributed by atoms with van der Waals surface area (Å²) in [6, 6.07) is 1.45. The van der Waals surface area contributed by atoms with Crippen LogP contribution in [0.25, 0.3) is 0 Å². The third-order valence-electron chi connectivity index (χ3n) is 4.68. The lowest BCUT2D eigenvalue weighted by Gasteiger charge is -2.38. The van der Waals surface area contributed by atoms with Gasteiger partial charge in [0.25, 0.3) is 0 Å². The molecule has 1 rings (SSSR count). The number of nitrogens with zero attached hydrogens (tertiary/aromatic N) is 1. The van der Waals surface area contributed by atoms with Gasteiger partial charge in [-0.15, -0.1) is 0 Å². The second kappa shape index (κ2) is 12.8. The molecule has 0 aliphatic carbocycles. The summed E-state index contributed by atoms with van der Waals surface area (Å²) in [4.78, 5) is 2.59. The third-order valence-corrected chi connectivity index (χ3v) is 5.73. The monoisotopic (exact) mass is 314 g/mol. The van der Waals surface area contributed by atoms with Crippen molar-refractivity contribution in [3.05, 3.63) is 0 Å². The number of hydrogen-bond donors (Lipinski definition) is 1. The largest absolute Gasteiger partial charge is 0.312 e. The second-order valence-electron chi connectivity index (χ2n) is 6.59. The molecule has 21 heavy (non-hydrogen) atoms. The van der Waals surface area contributed by atoms with Gasteiger partial charge in [0, 0.05) is 30.1 Å². The van der Waals surface area contributed by atoms with Crippen LogP contribution in [-0.4, -0.2) is 48.6 Å². The van der Waals surface area contributed by atoms with Gasteiger partial charge < -0.3 is 10.2 Å². The van der Waals surface area contributed by atoms with Crippen LogP contribution >= 0.6 is 11.8 Å². The average molecular weight is 315 g/mol. The molecule has 3 heteroatoms. The summed E-state index contributed by atoms with van der Waals surface area (Å²) in [6.07, 6.45) is 12.5. The van der Waals surface area contributed by atoms with Crippen LogP contribution in [0.3, 0.4) is 0 Å². The predicted octanol–water partition coefficient (Wildman–Crippen LogP) is 4.54. The summed E-state index contributed by atoms with van der Waals surface area (Å²) in [6.45, 7) is 7.01. The van der Waals surface area contributed by atoms with Crippen LogP contribution in [0, 0.1) is 0 Å². The fourth-order valence-electron chi connectivity index (χ4n) is 3.21. The third kappa shape index (κ3) is 8.47. The number of hydrogen-bond acceptors (Lipinski definition) is 3. The van der Waals surface area contributed by atoms with E-state index in [1.165, 1.54) is 82.4 Å².